The molecule has 1 heterocycles. The molecule has 0 aromatic rings. The maximum Gasteiger partial charge on any atom is 0.329 e. The Morgan fingerprint density at radius 1 is 1.40 bits per heavy atom. The van der Waals surface area contributed by atoms with Gasteiger partial charge in [0.1, 0.15) is 6.61 Å². The van der Waals surface area contributed by atoms with Gasteiger partial charge in [-0.25, -0.2) is 4.79 Å². The molecule has 1 aliphatic rings. The topological polar surface area (TPSA) is 96.4 Å². The average molecular weight is 310 g/mol. The monoisotopic (exact) mass is 310 g/mol. The molecule has 0 spiro atoms. The first kappa shape index (κ1) is 17.3. The fourth-order valence-corrected chi connectivity index (χ4v) is 3.32. The van der Waals surface area contributed by atoms with Crippen LogP contribution in [0.5, 0.6) is 0 Å². The van der Waals surface area contributed by atoms with Gasteiger partial charge in [0.25, 0.3) is 10.2 Å². The number of carbonyl (C=O) groups is 1. The summed E-state index contributed by atoms with van der Waals surface area (Å²) in [4.78, 5) is 10.4. The van der Waals surface area contributed by atoms with Crippen molar-refractivity contribution in [2.45, 2.75) is 18.9 Å². The first-order chi connectivity index (χ1) is 9.37. The van der Waals surface area contributed by atoms with Gasteiger partial charge in [-0.1, -0.05) is 0 Å². The molecule has 0 unspecified atom stereocenters. The molecule has 0 aromatic carbocycles. The summed E-state index contributed by atoms with van der Waals surface area (Å²) < 4.78 is 37.1. The number of piperidine rings is 1. The Hall–Kier alpha value is -0.740. The van der Waals surface area contributed by atoms with Crippen molar-refractivity contribution < 1.29 is 27.8 Å². The molecule has 9 heteroatoms. The number of methoxy groups -OCH3 is 1. The first-order valence-corrected chi connectivity index (χ1v) is 7.81. The second-order valence-electron chi connectivity index (χ2n) is 4.63. The molecule has 1 aliphatic heterocycles. The van der Waals surface area contributed by atoms with E-state index in [9.17, 15) is 13.2 Å². The van der Waals surface area contributed by atoms with Gasteiger partial charge in [-0.15, -0.1) is 0 Å². The number of carboxylic acid groups (broad SMARTS) is 1. The molecule has 1 rings (SSSR count). The van der Waals surface area contributed by atoms with Crippen LogP contribution in [0.2, 0.25) is 0 Å². The lowest BCUT2D eigenvalue weighted by atomic mass is 10.1. The second kappa shape index (κ2) is 7.89. The number of hydrogen-bond donors (Lipinski definition) is 1. The number of aliphatic carboxylic acids is 1. The molecular formula is C11H22N2O6S. The molecule has 0 amide bonds. The van der Waals surface area contributed by atoms with E-state index in [2.05, 4.69) is 0 Å². The molecule has 8 nitrogen and oxygen atoms in total. The number of likely N-dealkylation sites (N-methyl/N-ethyl adjacent to an activating group) is 1. The average Bonchev–Trinajstić information content (AvgIpc) is 2.42. The van der Waals surface area contributed by atoms with Crippen LogP contribution >= 0.6 is 0 Å². The van der Waals surface area contributed by atoms with Crippen LogP contribution in [0.25, 0.3) is 0 Å². The Bertz CT molecular complexity index is 405. The summed E-state index contributed by atoms with van der Waals surface area (Å²) in [5, 5.41) is 8.53. The highest BCUT2D eigenvalue weighted by molar-refractivity contribution is 7.86. The number of hydrogen-bond acceptors (Lipinski definition) is 5. The lowest BCUT2D eigenvalue weighted by Gasteiger charge is -2.33. The van der Waals surface area contributed by atoms with Crippen LogP contribution in [0.3, 0.4) is 0 Å². The van der Waals surface area contributed by atoms with Crippen molar-refractivity contribution in [1.82, 2.24) is 8.61 Å². The third kappa shape index (κ3) is 4.98. The summed E-state index contributed by atoms with van der Waals surface area (Å²) >= 11 is 0. The van der Waals surface area contributed by atoms with Crippen molar-refractivity contribution in [1.29, 1.82) is 0 Å². The zero-order valence-electron chi connectivity index (χ0n) is 11.8. The highest BCUT2D eigenvalue weighted by Crippen LogP contribution is 2.18. The zero-order chi connectivity index (χ0) is 15.2. The van der Waals surface area contributed by atoms with Crippen LogP contribution in [0, 0.1) is 0 Å². The molecule has 118 valence electrons. The van der Waals surface area contributed by atoms with Crippen LogP contribution in [0.1, 0.15) is 12.8 Å². The SMILES string of the molecule is COCCN(C)S(=O)(=O)N1CCC(OCC(=O)O)CC1. The minimum atomic E-state index is -3.47. The first-order valence-electron chi connectivity index (χ1n) is 6.41. The Labute approximate surface area is 119 Å². The van der Waals surface area contributed by atoms with Crippen molar-refractivity contribution in [3.05, 3.63) is 0 Å². The molecule has 0 aromatic heterocycles. The van der Waals surface area contributed by atoms with Crippen molar-refractivity contribution in [2.75, 3.05) is 47.0 Å². The minimum absolute atomic E-state index is 0.193. The summed E-state index contributed by atoms with van der Waals surface area (Å²) in [6.07, 6.45) is 0.816. The number of nitrogens with zero attached hydrogens (tertiary/aromatic N) is 2. The Morgan fingerprint density at radius 2 is 2.00 bits per heavy atom. The van der Waals surface area contributed by atoms with E-state index in [1.807, 2.05) is 0 Å². The summed E-state index contributed by atoms with van der Waals surface area (Å²) in [6.45, 7) is 0.973. The third-order valence-corrected chi connectivity index (χ3v) is 5.16. The predicted octanol–water partition coefficient (Wildman–Crippen LogP) is -0.625. The van der Waals surface area contributed by atoms with Crippen molar-refractivity contribution in [3.8, 4) is 0 Å². The van der Waals surface area contributed by atoms with Gasteiger partial charge >= 0.3 is 5.97 Å². The standard InChI is InChI=1S/C11H22N2O6S/c1-12(7-8-18-2)20(16,17)13-5-3-10(4-6-13)19-9-11(14)15/h10H,3-9H2,1-2H3,(H,14,15). The highest BCUT2D eigenvalue weighted by atomic mass is 32.2. The normalized spacial score (nSPS) is 18.6. The van der Waals surface area contributed by atoms with Gasteiger partial charge in [0.05, 0.1) is 12.7 Å². The quantitative estimate of drug-likeness (QED) is 0.641. The van der Waals surface area contributed by atoms with Gasteiger partial charge in [0.2, 0.25) is 0 Å². The van der Waals surface area contributed by atoms with E-state index in [0.717, 1.165) is 0 Å². The van der Waals surface area contributed by atoms with E-state index in [-0.39, 0.29) is 12.7 Å². The van der Waals surface area contributed by atoms with Gasteiger partial charge in [-0.3, -0.25) is 0 Å². The summed E-state index contributed by atoms with van der Waals surface area (Å²) in [7, 11) is -0.439. The van der Waals surface area contributed by atoms with Crippen molar-refractivity contribution in [2.24, 2.45) is 0 Å². The van der Waals surface area contributed by atoms with Crippen LogP contribution in [0.15, 0.2) is 0 Å². The molecule has 0 radical (unpaired) electrons. The maximum absolute atomic E-state index is 12.2. The minimum Gasteiger partial charge on any atom is -0.480 e. The smallest absolute Gasteiger partial charge is 0.329 e. The summed E-state index contributed by atoms with van der Waals surface area (Å²) in [5.74, 6) is -1.01. The lowest BCUT2D eigenvalue weighted by Crippen LogP contribution is -2.47. The van der Waals surface area contributed by atoms with Gasteiger partial charge in [-0.2, -0.15) is 17.0 Å². The van der Waals surface area contributed by atoms with Gasteiger partial charge < -0.3 is 14.6 Å². The van der Waals surface area contributed by atoms with E-state index in [1.165, 1.54) is 22.8 Å². The molecule has 1 N–H and O–H groups in total. The molecule has 1 fully saturated rings. The van der Waals surface area contributed by atoms with Gasteiger partial charge in [0.15, 0.2) is 0 Å². The predicted molar refractivity (Wildman–Crippen MR) is 71.6 cm³/mol. The van der Waals surface area contributed by atoms with Crippen molar-refractivity contribution >= 4 is 16.2 Å². The van der Waals surface area contributed by atoms with Crippen LogP contribution < -0.4 is 0 Å². The largest absolute Gasteiger partial charge is 0.480 e. The molecule has 0 aliphatic carbocycles. The van der Waals surface area contributed by atoms with E-state index in [0.29, 0.717) is 39.1 Å². The van der Waals surface area contributed by atoms with Gasteiger partial charge in [0, 0.05) is 33.8 Å². The summed E-state index contributed by atoms with van der Waals surface area (Å²) in [6, 6.07) is 0. The molecule has 20 heavy (non-hydrogen) atoms. The fraction of sp³-hybridized carbons (Fsp3) is 0.909. The van der Waals surface area contributed by atoms with Crippen LogP contribution in [-0.2, 0) is 24.5 Å². The van der Waals surface area contributed by atoms with E-state index >= 15 is 0 Å². The number of rotatable bonds is 8. The molecule has 0 saturated carbocycles. The third-order valence-electron chi connectivity index (χ3n) is 3.17. The molecule has 0 bridgehead atoms. The molecular weight excluding hydrogens is 288 g/mol. The van der Waals surface area contributed by atoms with E-state index in [4.69, 9.17) is 14.6 Å². The Kier molecular flexibility index (Phi) is 6.83. The van der Waals surface area contributed by atoms with E-state index < -0.39 is 16.2 Å². The van der Waals surface area contributed by atoms with Gasteiger partial charge in [-0.05, 0) is 12.8 Å². The molecule has 1 saturated heterocycles. The van der Waals surface area contributed by atoms with Crippen molar-refractivity contribution in [3.63, 3.8) is 0 Å². The Balaban J connectivity index is 2.45. The highest BCUT2D eigenvalue weighted by Gasteiger charge is 2.31. The van der Waals surface area contributed by atoms with E-state index in [1.54, 1.807) is 0 Å². The van der Waals surface area contributed by atoms with Crippen LogP contribution in [0.4, 0.5) is 0 Å². The van der Waals surface area contributed by atoms with Crippen LogP contribution in [-0.4, -0.2) is 81.2 Å². The summed E-state index contributed by atoms with van der Waals surface area (Å²) in [5.41, 5.74) is 0. The second-order valence-corrected chi connectivity index (χ2v) is 6.66. The zero-order valence-corrected chi connectivity index (χ0v) is 12.6. The lowest BCUT2D eigenvalue weighted by molar-refractivity contribution is -0.145. The number of carboxylic acids is 1. The maximum atomic E-state index is 12.2. The fourth-order valence-electron chi connectivity index (χ4n) is 1.95. The Morgan fingerprint density at radius 3 is 2.50 bits per heavy atom. The number of ether oxygens (including phenoxy) is 2. The molecule has 0 atom stereocenters.